The number of piperazine rings is 1. The van der Waals surface area contributed by atoms with E-state index in [0.717, 1.165) is 59.7 Å². The van der Waals surface area contributed by atoms with Crippen LogP contribution in [-0.2, 0) is 6.54 Å². The van der Waals surface area contributed by atoms with Crippen molar-refractivity contribution in [2.24, 2.45) is 0 Å². The zero-order valence-electron chi connectivity index (χ0n) is 21.2. The van der Waals surface area contributed by atoms with Gasteiger partial charge in [0.15, 0.2) is 5.78 Å². The van der Waals surface area contributed by atoms with Gasteiger partial charge in [-0.05, 0) is 80.7 Å². The average molecular weight is 470 g/mol. The lowest BCUT2D eigenvalue weighted by molar-refractivity contribution is 0.104. The Labute approximate surface area is 208 Å². The summed E-state index contributed by atoms with van der Waals surface area (Å²) in [6.07, 6.45) is 3.50. The highest BCUT2D eigenvalue weighted by atomic mass is 16.3. The molecule has 0 atom stereocenters. The number of rotatable bonds is 7. The lowest BCUT2D eigenvalue weighted by atomic mass is 9.95. The molecule has 1 aliphatic rings. The molecule has 0 unspecified atom stereocenters. The van der Waals surface area contributed by atoms with E-state index in [1.54, 1.807) is 12.1 Å². The molecule has 0 aromatic heterocycles. The SMILES string of the molecule is Cc1ccccc1-c1ccc(N2CCN(C)CC2)c(C(=O)C=Cc2ccc(O)c(CN(C)C)c2)c1. The topological polar surface area (TPSA) is 47.0 Å². The van der Waals surface area contributed by atoms with Crippen molar-refractivity contribution < 1.29 is 9.90 Å². The van der Waals surface area contributed by atoms with Crippen molar-refractivity contribution in [1.82, 2.24) is 9.80 Å². The van der Waals surface area contributed by atoms with Crippen LogP contribution in [0.4, 0.5) is 5.69 Å². The molecule has 35 heavy (non-hydrogen) atoms. The smallest absolute Gasteiger partial charge is 0.187 e. The molecule has 4 rings (SSSR count). The third-order valence-corrected chi connectivity index (χ3v) is 6.58. The quantitative estimate of drug-likeness (QED) is 0.386. The lowest BCUT2D eigenvalue weighted by Crippen LogP contribution is -2.45. The second kappa shape index (κ2) is 10.9. The van der Waals surface area contributed by atoms with Gasteiger partial charge in [-0.2, -0.15) is 0 Å². The first-order valence-corrected chi connectivity index (χ1v) is 12.1. The molecule has 0 aliphatic carbocycles. The molecule has 0 spiro atoms. The Hall–Kier alpha value is -3.41. The molecule has 0 saturated carbocycles. The summed E-state index contributed by atoms with van der Waals surface area (Å²) in [5.74, 6) is 0.252. The Morgan fingerprint density at radius 2 is 1.74 bits per heavy atom. The van der Waals surface area contributed by atoms with E-state index in [9.17, 15) is 9.90 Å². The molecular weight excluding hydrogens is 434 g/mol. The number of ketones is 1. The molecule has 0 amide bonds. The molecule has 1 aliphatic heterocycles. The third-order valence-electron chi connectivity index (χ3n) is 6.58. The first-order chi connectivity index (χ1) is 16.8. The van der Waals surface area contributed by atoms with Crippen LogP contribution in [0.5, 0.6) is 5.75 Å². The Morgan fingerprint density at radius 1 is 1.00 bits per heavy atom. The number of carbonyl (C=O) groups excluding carboxylic acids is 1. The normalized spacial score (nSPS) is 14.7. The van der Waals surface area contributed by atoms with E-state index < -0.39 is 0 Å². The highest BCUT2D eigenvalue weighted by molar-refractivity contribution is 6.11. The highest BCUT2D eigenvalue weighted by Gasteiger charge is 2.20. The Bertz CT molecular complexity index is 1220. The van der Waals surface area contributed by atoms with Gasteiger partial charge in [-0.15, -0.1) is 0 Å². The Kier molecular flexibility index (Phi) is 7.69. The van der Waals surface area contributed by atoms with Gasteiger partial charge in [-0.3, -0.25) is 4.79 Å². The molecule has 182 valence electrons. The van der Waals surface area contributed by atoms with E-state index in [4.69, 9.17) is 0 Å². The number of hydrogen-bond acceptors (Lipinski definition) is 5. The van der Waals surface area contributed by atoms with Crippen LogP contribution in [0.2, 0.25) is 0 Å². The van der Waals surface area contributed by atoms with Crippen LogP contribution in [0.1, 0.15) is 27.0 Å². The van der Waals surface area contributed by atoms with Crippen molar-refractivity contribution in [3.8, 4) is 16.9 Å². The number of nitrogens with zero attached hydrogens (tertiary/aromatic N) is 3. The van der Waals surface area contributed by atoms with Crippen LogP contribution in [0.25, 0.3) is 17.2 Å². The number of aromatic hydroxyl groups is 1. The molecule has 0 radical (unpaired) electrons. The second-order valence-corrected chi connectivity index (χ2v) is 9.66. The van der Waals surface area contributed by atoms with E-state index in [1.165, 1.54) is 5.56 Å². The Morgan fingerprint density at radius 3 is 2.46 bits per heavy atom. The molecule has 3 aromatic carbocycles. The van der Waals surface area contributed by atoms with Crippen LogP contribution in [0, 0.1) is 6.92 Å². The average Bonchev–Trinajstić information content (AvgIpc) is 2.84. The fourth-order valence-corrected chi connectivity index (χ4v) is 4.56. The third kappa shape index (κ3) is 5.99. The maximum atomic E-state index is 13.6. The molecule has 1 saturated heterocycles. The van der Waals surface area contributed by atoms with Crippen molar-refractivity contribution in [2.45, 2.75) is 13.5 Å². The number of anilines is 1. The van der Waals surface area contributed by atoms with Crippen LogP contribution in [0.15, 0.2) is 66.7 Å². The van der Waals surface area contributed by atoms with E-state index in [1.807, 2.05) is 55.4 Å². The monoisotopic (exact) mass is 469 g/mol. The summed E-state index contributed by atoms with van der Waals surface area (Å²) in [6.45, 7) is 6.48. The predicted octanol–water partition coefficient (Wildman–Crippen LogP) is 5.08. The first kappa shape index (κ1) is 24.7. The first-order valence-electron chi connectivity index (χ1n) is 12.1. The zero-order valence-corrected chi connectivity index (χ0v) is 21.2. The summed E-state index contributed by atoms with van der Waals surface area (Å²) < 4.78 is 0. The number of aryl methyl sites for hydroxylation is 1. The molecule has 1 N–H and O–H groups in total. The van der Waals surface area contributed by atoms with Gasteiger partial charge < -0.3 is 19.8 Å². The van der Waals surface area contributed by atoms with Crippen molar-refractivity contribution in [3.05, 3.63) is 89.0 Å². The molecule has 1 fully saturated rings. The lowest BCUT2D eigenvalue weighted by Gasteiger charge is -2.35. The minimum atomic E-state index is -0.0170. The minimum absolute atomic E-state index is 0.0170. The van der Waals surface area contributed by atoms with Crippen molar-refractivity contribution in [2.75, 3.05) is 52.2 Å². The molecular formula is C30H35N3O2. The van der Waals surface area contributed by atoms with E-state index in [0.29, 0.717) is 6.54 Å². The number of allylic oxidation sites excluding steroid dienone is 1. The standard InChI is InChI=1S/C30H35N3O2/c1-22-7-5-6-8-26(22)24-11-12-28(33-17-15-32(4)16-18-33)27(20-24)30(35)14-10-23-9-13-29(34)25(19-23)21-31(2)3/h5-14,19-20,34H,15-18,21H2,1-4H3. The number of carbonyl (C=O) groups is 1. The van der Waals surface area contributed by atoms with Crippen LogP contribution in [0.3, 0.4) is 0 Å². The van der Waals surface area contributed by atoms with Gasteiger partial charge in [-0.1, -0.05) is 42.5 Å². The fourth-order valence-electron chi connectivity index (χ4n) is 4.56. The van der Waals surface area contributed by atoms with E-state index >= 15 is 0 Å². The number of hydrogen-bond donors (Lipinski definition) is 1. The van der Waals surface area contributed by atoms with Crippen LogP contribution < -0.4 is 4.90 Å². The number of phenols is 1. The highest BCUT2D eigenvalue weighted by Crippen LogP contribution is 2.31. The van der Waals surface area contributed by atoms with Gasteiger partial charge in [0.1, 0.15) is 5.75 Å². The molecule has 3 aromatic rings. The summed E-state index contributed by atoms with van der Waals surface area (Å²) in [5.41, 5.74) is 6.82. The van der Waals surface area contributed by atoms with Crippen molar-refractivity contribution in [1.29, 1.82) is 0 Å². The maximum Gasteiger partial charge on any atom is 0.187 e. The summed E-state index contributed by atoms with van der Waals surface area (Å²) in [7, 11) is 6.06. The van der Waals surface area contributed by atoms with Crippen LogP contribution in [-0.4, -0.2) is 68.0 Å². The molecule has 1 heterocycles. The van der Waals surface area contributed by atoms with Crippen molar-refractivity contribution >= 4 is 17.5 Å². The summed E-state index contributed by atoms with van der Waals surface area (Å²) in [5, 5.41) is 10.2. The van der Waals surface area contributed by atoms with Gasteiger partial charge in [-0.25, -0.2) is 0 Å². The van der Waals surface area contributed by atoms with Gasteiger partial charge in [0, 0.05) is 49.5 Å². The van der Waals surface area contributed by atoms with Crippen molar-refractivity contribution in [3.63, 3.8) is 0 Å². The molecule has 5 nitrogen and oxygen atoms in total. The molecule has 0 bridgehead atoms. The fraction of sp³-hybridized carbons (Fsp3) is 0.300. The number of likely N-dealkylation sites (N-methyl/N-ethyl adjacent to an activating group) is 1. The largest absolute Gasteiger partial charge is 0.508 e. The Balaban J connectivity index is 1.68. The zero-order chi connectivity index (χ0) is 24.9. The van der Waals surface area contributed by atoms with Gasteiger partial charge in [0.05, 0.1) is 0 Å². The molecule has 5 heteroatoms. The van der Waals surface area contributed by atoms with Gasteiger partial charge >= 0.3 is 0 Å². The number of benzene rings is 3. The van der Waals surface area contributed by atoms with E-state index in [2.05, 4.69) is 48.0 Å². The van der Waals surface area contributed by atoms with Gasteiger partial charge in [0.25, 0.3) is 0 Å². The van der Waals surface area contributed by atoms with Gasteiger partial charge in [0.2, 0.25) is 0 Å². The summed E-state index contributed by atoms with van der Waals surface area (Å²) in [4.78, 5) is 20.2. The van der Waals surface area contributed by atoms with E-state index in [-0.39, 0.29) is 11.5 Å². The maximum absolute atomic E-state index is 13.6. The predicted molar refractivity (Wildman–Crippen MR) is 145 cm³/mol. The van der Waals surface area contributed by atoms with Crippen LogP contribution >= 0.6 is 0 Å². The second-order valence-electron chi connectivity index (χ2n) is 9.66. The number of phenolic OH excluding ortho intramolecular Hbond substituents is 1. The summed E-state index contributed by atoms with van der Waals surface area (Å²) >= 11 is 0. The summed E-state index contributed by atoms with van der Waals surface area (Å²) in [6, 6.07) is 20.0. The minimum Gasteiger partial charge on any atom is -0.508 e.